The molecule has 5 heteroatoms. The van der Waals surface area contributed by atoms with Gasteiger partial charge in [-0.05, 0) is 12.2 Å². The van der Waals surface area contributed by atoms with Crippen LogP contribution in [-0.4, -0.2) is 18.1 Å². The second-order valence-electron chi connectivity index (χ2n) is 1.52. The van der Waals surface area contributed by atoms with Crippen LogP contribution in [-0.2, 0) is 47.1 Å². The molecule has 1 aliphatic heterocycles. The molecule has 0 unspecified atom stereocenters. The van der Waals surface area contributed by atoms with Crippen molar-refractivity contribution in [3.63, 3.8) is 0 Å². The van der Waals surface area contributed by atoms with Gasteiger partial charge >= 0.3 is 0 Å². The molecule has 12 heavy (non-hydrogen) atoms. The largest absolute Gasteiger partial charge is 0.589 e. The summed E-state index contributed by atoms with van der Waals surface area (Å²) < 4.78 is 6.34. The quantitative estimate of drug-likeness (QED) is 0.497. The number of carbonyl (C=O) groups excluding carboxylic acids is 3. The minimum atomic E-state index is -0.454. The molecule has 0 bridgehead atoms. The van der Waals surface area contributed by atoms with Crippen molar-refractivity contribution in [2.75, 3.05) is 0 Å². The van der Waals surface area contributed by atoms with E-state index in [-0.39, 0.29) is 46.0 Å². The molecule has 0 saturated heterocycles. The van der Waals surface area contributed by atoms with Crippen LogP contribution in [0.3, 0.4) is 0 Å². The molecule has 1 radical (unpaired) electrons. The van der Waals surface area contributed by atoms with Gasteiger partial charge in [-0.25, -0.2) is 0 Å². The zero-order valence-electron chi connectivity index (χ0n) is 7.32. The van der Waals surface area contributed by atoms with E-state index in [0.717, 1.165) is 12.2 Å². The van der Waals surface area contributed by atoms with Gasteiger partial charge in [0, 0.05) is 34.1 Å². The van der Waals surface area contributed by atoms with Crippen LogP contribution >= 0.6 is 0 Å². The first kappa shape index (κ1) is 11.7. The molecule has 0 fully saturated rings. The molecule has 63 valence electrons. The van der Waals surface area contributed by atoms with Crippen LogP contribution in [0.2, 0.25) is 0 Å². The van der Waals surface area contributed by atoms with Gasteiger partial charge in [-0.2, -0.15) is 6.42 Å². The molecule has 0 aromatic heterocycles. The van der Waals surface area contributed by atoms with Crippen LogP contribution in [0.1, 0.15) is 14.7 Å². The van der Waals surface area contributed by atoms with E-state index >= 15 is 0 Å². The maximum atomic E-state index is 9.98. The third kappa shape index (κ3) is 7.76. The molecular weight excluding hydrogens is 235 g/mol. The third-order valence-corrected chi connectivity index (χ3v) is 0.691. The number of carbonyl (C=O) groups is 2. The zero-order chi connectivity index (χ0) is 9.40. The van der Waals surface area contributed by atoms with E-state index in [1.165, 1.54) is 0 Å². The van der Waals surface area contributed by atoms with Gasteiger partial charge < -0.3 is 19.7 Å². The maximum Gasteiger partial charge on any atom is 0.0803 e. The Morgan fingerprint density at radius 1 is 1.50 bits per heavy atom. The van der Waals surface area contributed by atoms with Crippen molar-refractivity contribution < 1.29 is 48.5 Å². The molecule has 2 amide bonds. The third-order valence-electron chi connectivity index (χ3n) is 0.691. The zero-order valence-corrected chi connectivity index (χ0v) is 9.16. The first-order valence-corrected chi connectivity index (χ1v) is 2.82. The summed E-state index contributed by atoms with van der Waals surface area (Å²) in [6.07, 6.45) is 4.11. The standard InChI is InChI=1S/C4H3NO2.C3H5O.Y/c6-3-1-2-4(7)5-3;1-2-3-4;/h1-2H,(H,5,6,7);2H2,1H3;/q;-1;/p-1/i;1D;. The van der Waals surface area contributed by atoms with Crippen LogP contribution in [0.25, 0.3) is 5.32 Å². The van der Waals surface area contributed by atoms with Crippen molar-refractivity contribution in [3.8, 4) is 0 Å². The van der Waals surface area contributed by atoms with Gasteiger partial charge in [0.05, 0.1) is 11.8 Å². The molecule has 0 N–H and O–H groups in total. The van der Waals surface area contributed by atoms with E-state index in [9.17, 15) is 9.59 Å². The molecule has 0 aromatic rings. The number of hydrogen-bond acceptors (Lipinski definition) is 3. The summed E-state index contributed by atoms with van der Waals surface area (Å²) in [6.45, 7) is 0.170. The molecule has 0 spiro atoms. The maximum absolute atomic E-state index is 9.98. The van der Waals surface area contributed by atoms with E-state index < -0.39 is 11.8 Å². The molecule has 0 saturated carbocycles. The van der Waals surface area contributed by atoms with Crippen molar-refractivity contribution >= 4 is 18.1 Å². The van der Waals surface area contributed by atoms with E-state index in [1.807, 2.05) is 0 Å². The molecule has 0 aromatic carbocycles. The molecule has 4 nitrogen and oxygen atoms in total. The predicted octanol–water partition coefficient (Wildman–Crippen LogP) is 0.487. The van der Waals surface area contributed by atoms with Gasteiger partial charge in [-0.15, -0.1) is 0 Å². The Balaban J connectivity index is 0. The summed E-state index contributed by atoms with van der Waals surface area (Å²) in [5.41, 5.74) is 0. The minimum Gasteiger partial charge on any atom is -0.589 e. The molecule has 1 heterocycles. The summed E-state index contributed by atoms with van der Waals surface area (Å²) in [4.78, 5) is 29.1. The summed E-state index contributed by atoms with van der Waals surface area (Å²) in [7, 11) is 0. The Bertz CT molecular complexity index is 202. The summed E-state index contributed by atoms with van der Waals surface area (Å²) >= 11 is 0. The summed E-state index contributed by atoms with van der Waals surface area (Å²) in [5.74, 6) is -0.907. The van der Waals surface area contributed by atoms with E-state index in [2.05, 4.69) is 5.32 Å². The van der Waals surface area contributed by atoms with E-state index in [4.69, 9.17) is 6.17 Å². The number of amides is 2. The first-order chi connectivity index (χ1) is 5.70. The van der Waals surface area contributed by atoms with Crippen LogP contribution < -0.4 is 0 Å². The Morgan fingerprint density at radius 2 is 2.00 bits per heavy atom. The minimum absolute atomic E-state index is 0. The van der Waals surface area contributed by atoms with Crippen molar-refractivity contribution in [1.82, 2.24) is 0 Å². The fourth-order valence-corrected chi connectivity index (χ4v) is 0.326. The Kier molecular flexibility index (Phi) is 8.50. The van der Waals surface area contributed by atoms with Crippen molar-refractivity contribution in [3.05, 3.63) is 17.5 Å². The van der Waals surface area contributed by atoms with E-state index in [0.29, 0.717) is 0 Å². The van der Waals surface area contributed by atoms with Crippen LogP contribution in [0.15, 0.2) is 12.2 Å². The van der Waals surface area contributed by atoms with Crippen LogP contribution in [0.5, 0.6) is 0 Å². The SMILES string of the molecule is O=C1C=CC(=O)[N-]1.[2H]CC[C-]=O.[Y]. The van der Waals surface area contributed by atoms with Gasteiger partial charge in [0.1, 0.15) is 0 Å². The van der Waals surface area contributed by atoms with Gasteiger partial charge in [0.25, 0.3) is 0 Å². The topological polar surface area (TPSA) is 65.3 Å². The summed E-state index contributed by atoms with van der Waals surface area (Å²) in [6, 6.07) is 0. The fourth-order valence-electron chi connectivity index (χ4n) is 0.326. The summed E-state index contributed by atoms with van der Waals surface area (Å²) in [5, 5.41) is 3.00. The molecule has 1 aliphatic rings. The predicted molar refractivity (Wildman–Crippen MR) is 38.5 cm³/mol. The Labute approximate surface area is 97.1 Å². The Hall–Kier alpha value is -0.346. The Morgan fingerprint density at radius 3 is 2.08 bits per heavy atom. The molecule has 0 aliphatic carbocycles. The van der Waals surface area contributed by atoms with Crippen LogP contribution in [0, 0.1) is 0 Å². The molecular formula is C7H7NO3Y-2. The number of rotatable bonds is 1. The normalized spacial score (nSPS) is 13.5. The van der Waals surface area contributed by atoms with Crippen molar-refractivity contribution in [2.45, 2.75) is 13.3 Å². The van der Waals surface area contributed by atoms with Gasteiger partial charge in [0.15, 0.2) is 0 Å². The second-order valence-corrected chi connectivity index (χ2v) is 1.52. The average Bonchev–Trinajstić information content (AvgIpc) is 2.38. The first-order valence-electron chi connectivity index (χ1n) is 3.53. The number of imide groups is 1. The van der Waals surface area contributed by atoms with Gasteiger partial charge in [0.2, 0.25) is 0 Å². The monoisotopic (exact) mass is 243 g/mol. The average molecular weight is 243 g/mol. The molecule has 1 rings (SSSR count). The van der Waals surface area contributed by atoms with Crippen molar-refractivity contribution in [1.29, 1.82) is 0 Å². The van der Waals surface area contributed by atoms with Gasteiger partial charge in [-0.1, -0.05) is 6.90 Å². The smallest absolute Gasteiger partial charge is 0.0803 e. The van der Waals surface area contributed by atoms with Gasteiger partial charge in [-0.3, -0.25) is 6.29 Å². The van der Waals surface area contributed by atoms with Crippen LogP contribution in [0.4, 0.5) is 0 Å². The number of nitrogens with zero attached hydrogens (tertiary/aromatic N) is 1. The van der Waals surface area contributed by atoms with Crippen molar-refractivity contribution in [2.24, 2.45) is 0 Å². The molecule has 0 atom stereocenters. The number of hydrogen-bond donors (Lipinski definition) is 0. The van der Waals surface area contributed by atoms with E-state index in [1.54, 1.807) is 6.29 Å². The second kappa shape index (κ2) is 8.75. The fraction of sp³-hybridized carbons (Fsp3) is 0.286.